The monoisotopic (exact) mass is 369 g/mol. The number of rotatable bonds is 7. The second kappa shape index (κ2) is 8.44. The van der Waals surface area contributed by atoms with Crippen molar-refractivity contribution in [3.63, 3.8) is 0 Å². The van der Waals surface area contributed by atoms with Gasteiger partial charge in [-0.25, -0.2) is 4.98 Å². The topological polar surface area (TPSA) is 73.3 Å². The Labute approximate surface area is 155 Å². The summed E-state index contributed by atoms with van der Waals surface area (Å²) in [5.41, 5.74) is 2.31. The second-order valence-electron chi connectivity index (χ2n) is 5.49. The van der Waals surface area contributed by atoms with Crippen LogP contribution < -0.4 is 14.8 Å². The van der Waals surface area contributed by atoms with Crippen molar-refractivity contribution >= 4 is 22.4 Å². The number of pyridine rings is 1. The zero-order valence-electron chi connectivity index (χ0n) is 14.6. The minimum atomic E-state index is -0.237. The average Bonchev–Trinajstić information content (AvgIpc) is 3.06. The van der Waals surface area contributed by atoms with Crippen LogP contribution in [-0.4, -0.2) is 22.5 Å². The molecular formula is C19H19N3O3S. The van der Waals surface area contributed by atoms with Crippen molar-refractivity contribution in [2.45, 2.75) is 20.5 Å². The van der Waals surface area contributed by atoms with Gasteiger partial charge < -0.3 is 9.47 Å². The number of benzene rings is 1. The maximum atomic E-state index is 12.4. The van der Waals surface area contributed by atoms with Gasteiger partial charge >= 0.3 is 0 Å². The number of nitrogens with zero attached hydrogens (tertiary/aromatic N) is 2. The number of hydrogen-bond acceptors (Lipinski definition) is 6. The van der Waals surface area contributed by atoms with Crippen LogP contribution in [0.1, 0.15) is 28.5 Å². The van der Waals surface area contributed by atoms with Crippen molar-refractivity contribution in [3.8, 4) is 11.5 Å². The molecule has 0 aliphatic heterocycles. The highest BCUT2D eigenvalue weighted by molar-refractivity contribution is 7.13. The Bertz CT molecular complexity index is 881. The molecule has 0 saturated carbocycles. The van der Waals surface area contributed by atoms with Crippen molar-refractivity contribution in [2.24, 2.45) is 0 Å². The SMILES string of the molecule is CCOc1cc(C(=O)Nc2nc(C)cs2)ccc1OCc1cccnc1. The Morgan fingerprint density at radius 1 is 1.23 bits per heavy atom. The number of thiazole rings is 1. The largest absolute Gasteiger partial charge is 0.490 e. The summed E-state index contributed by atoms with van der Waals surface area (Å²) in [4.78, 5) is 20.7. The highest BCUT2D eigenvalue weighted by atomic mass is 32.1. The minimum Gasteiger partial charge on any atom is -0.490 e. The molecule has 0 atom stereocenters. The molecule has 2 aromatic heterocycles. The van der Waals surface area contributed by atoms with Gasteiger partial charge in [-0.3, -0.25) is 15.1 Å². The first kappa shape index (κ1) is 17.9. The fraction of sp³-hybridized carbons (Fsp3) is 0.211. The molecule has 0 bridgehead atoms. The molecule has 3 aromatic rings. The van der Waals surface area contributed by atoms with E-state index in [1.165, 1.54) is 11.3 Å². The first-order valence-corrected chi connectivity index (χ1v) is 9.05. The molecule has 1 amide bonds. The predicted octanol–water partition coefficient (Wildman–Crippen LogP) is 4.08. The average molecular weight is 369 g/mol. The first-order chi connectivity index (χ1) is 12.7. The smallest absolute Gasteiger partial charge is 0.257 e. The number of carbonyl (C=O) groups excluding carboxylic acids is 1. The van der Waals surface area contributed by atoms with E-state index in [0.717, 1.165) is 11.3 Å². The van der Waals surface area contributed by atoms with Gasteiger partial charge in [-0.15, -0.1) is 11.3 Å². The van der Waals surface area contributed by atoms with Crippen LogP contribution in [0.4, 0.5) is 5.13 Å². The van der Waals surface area contributed by atoms with Gasteiger partial charge in [0.2, 0.25) is 0 Å². The molecule has 2 heterocycles. The molecule has 0 radical (unpaired) electrons. The van der Waals surface area contributed by atoms with Gasteiger partial charge in [0.25, 0.3) is 5.91 Å². The van der Waals surface area contributed by atoms with Crippen LogP contribution in [0.5, 0.6) is 11.5 Å². The van der Waals surface area contributed by atoms with Crippen molar-refractivity contribution in [2.75, 3.05) is 11.9 Å². The Balaban J connectivity index is 1.74. The van der Waals surface area contributed by atoms with Crippen LogP contribution in [0.25, 0.3) is 0 Å². The zero-order valence-corrected chi connectivity index (χ0v) is 15.4. The predicted molar refractivity (Wildman–Crippen MR) is 101 cm³/mol. The third kappa shape index (κ3) is 4.58. The molecule has 0 aliphatic carbocycles. The van der Waals surface area contributed by atoms with Crippen LogP contribution in [0.2, 0.25) is 0 Å². The van der Waals surface area contributed by atoms with E-state index in [1.54, 1.807) is 30.6 Å². The summed E-state index contributed by atoms with van der Waals surface area (Å²) >= 11 is 1.39. The van der Waals surface area contributed by atoms with Crippen LogP contribution in [0.3, 0.4) is 0 Å². The molecule has 0 unspecified atom stereocenters. The van der Waals surface area contributed by atoms with Crippen LogP contribution in [0.15, 0.2) is 48.1 Å². The molecule has 7 heteroatoms. The lowest BCUT2D eigenvalue weighted by Crippen LogP contribution is -2.12. The highest BCUT2D eigenvalue weighted by Gasteiger charge is 2.13. The maximum absolute atomic E-state index is 12.4. The molecule has 0 saturated heterocycles. The second-order valence-corrected chi connectivity index (χ2v) is 6.35. The van der Waals surface area contributed by atoms with Crippen molar-refractivity contribution in [3.05, 3.63) is 64.9 Å². The van der Waals surface area contributed by atoms with Gasteiger partial charge in [0.1, 0.15) is 6.61 Å². The summed E-state index contributed by atoms with van der Waals surface area (Å²) in [7, 11) is 0. The van der Waals surface area contributed by atoms with E-state index < -0.39 is 0 Å². The Morgan fingerprint density at radius 3 is 2.81 bits per heavy atom. The van der Waals surface area contributed by atoms with Gasteiger partial charge in [-0.2, -0.15) is 0 Å². The summed E-state index contributed by atoms with van der Waals surface area (Å²) in [6.07, 6.45) is 3.46. The molecule has 1 aromatic carbocycles. The lowest BCUT2D eigenvalue weighted by Gasteiger charge is -2.13. The molecule has 0 fully saturated rings. The third-order valence-electron chi connectivity index (χ3n) is 3.46. The number of nitrogens with one attached hydrogen (secondary N) is 1. The molecule has 134 valence electrons. The van der Waals surface area contributed by atoms with Gasteiger partial charge in [-0.1, -0.05) is 6.07 Å². The number of anilines is 1. The van der Waals surface area contributed by atoms with E-state index in [-0.39, 0.29) is 5.91 Å². The van der Waals surface area contributed by atoms with E-state index in [1.807, 2.05) is 31.4 Å². The summed E-state index contributed by atoms with van der Waals surface area (Å²) in [6.45, 7) is 4.61. The van der Waals surface area contributed by atoms with Gasteiger partial charge in [0, 0.05) is 28.9 Å². The number of aromatic nitrogens is 2. The number of ether oxygens (including phenoxy) is 2. The number of hydrogen-bond donors (Lipinski definition) is 1. The lowest BCUT2D eigenvalue weighted by molar-refractivity contribution is 0.102. The van der Waals surface area contributed by atoms with E-state index in [2.05, 4.69) is 15.3 Å². The third-order valence-corrected chi connectivity index (χ3v) is 4.34. The maximum Gasteiger partial charge on any atom is 0.257 e. The number of aryl methyl sites for hydroxylation is 1. The van der Waals surface area contributed by atoms with E-state index in [9.17, 15) is 4.79 Å². The summed E-state index contributed by atoms with van der Waals surface area (Å²) in [5.74, 6) is 0.871. The Morgan fingerprint density at radius 2 is 2.12 bits per heavy atom. The van der Waals surface area contributed by atoms with Gasteiger partial charge in [-0.05, 0) is 38.1 Å². The van der Waals surface area contributed by atoms with Crippen LogP contribution >= 0.6 is 11.3 Å². The normalized spacial score (nSPS) is 10.4. The highest BCUT2D eigenvalue weighted by Crippen LogP contribution is 2.29. The summed E-state index contributed by atoms with van der Waals surface area (Å²) < 4.78 is 11.5. The van der Waals surface area contributed by atoms with E-state index in [4.69, 9.17) is 9.47 Å². The van der Waals surface area contributed by atoms with Crippen molar-refractivity contribution in [1.82, 2.24) is 9.97 Å². The molecule has 1 N–H and O–H groups in total. The standard InChI is InChI=1S/C19H19N3O3S/c1-3-24-17-9-15(18(23)22-19-21-13(2)12-26-19)6-7-16(17)25-11-14-5-4-8-20-10-14/h4-10,12H,3,11H2,1-2H3,(H,21,22,23). The molecule has 3 rings (SSSR count). The Hall–Kier alpha value is -2.93. The zero-order chi connectivity index (χ0) is 18.4. The van der Waals surface area contributed by atoms with Crippen LogP contribution in [-0.2, 0) is 6.61 Å². The fourth-order valence-corrected chi connectivity index (χ4v) is 2.95. The number of amides is 1. The molecular weight excluding hydrogens is 350 g/mol. The van der Waals surface area contributed by atoms with Gasteiger partial charge in [0.15, 0.2) is 16.6 Å². The Kier molecular flexibility index (Phi) is 5.80. The van der Waals surface area contributed by atoms with E-state index in [0.29, 0.717) is 35.4 Å². The summed E-state index contributed by atoms with van der Waals surface area (Å²) in [6, 6.07) is 8.92. The minimum absolute atomic E-state index is 0.237. The van der Waals surface area contributed by atoms with Gasteiger partial charge in [0.05, 0.1) is 12.3 Å². The lowest BCUT2D eigenvalue weighted by atomic mass is 10.2. The molecule has 26 heavy (non-hydrogen) atoms. The first-order valence-electron chi connectivity index (χ1n) is 8.17. The van der Waals surface area contributed by atoms with Crippen molar-refractivity contribution in [1.29, 1.82) is 0 Å². The molecule has 6 nitrogen and oxygen atoms in total. The fourth-order valence-electron chi connectivity index (χ4n) is 2.26. The molecule has 0 aliphatic rings. The quantitative estimate of drug-likeness (QED) is 0.679. The molecule has 0 spiro atoms. The van der Waals surface area contributed by atoms with E-state index >= 15 is 0 Å². The summed E-state index contributed by atoms with van der Waals surface area (Å²) in [5, 5.41) is 5.25. The van der Waals surface area contributed by atoms with Crippen LogP contribution in [0, 0.1) is 6.92 Å². The number of carbonyl (C=O) groups is 1. The van der Waals surface area contributed by atoms with Crippen molar-refractivity contribution < 1.29 is 14.3 Å².